The maximum atomic E-state index is 12.4. The van der Waals surface area contributed by atoms with E-state index >= 15 is 0 Å². The number of benzene rings is 1. The third kappa shape index (κ3) is 2.23. The monoisotopic (exact) mass is 280 g/mol. The molecule has 102 valence electrons. The van der Waals surface area contributed by atoms with Gasteiger partial charge in [-0.3, -0.25) is 4.79 Å². The Labute approximate surface area is 112 Å². The van der Waals surface area contributed by atoms with Gasteiger partial charge in [-0.15, -0.1) is 0 Å². The van der Waals surface area contributed by atoms with Gasteiger partial charge in [0.2, 0.25) is 9.84 Å². The number of para-hydroxylation sites is 1. The van der Waals surface area contributed by atoms with Gasteiger partial charge in [0.25, 0.3) is 5.91 Å². The molecule has 0 saturated carbocycles. The Bertz CT molecular complexity index is 631. The summed E-state index contributed by atoms with van der Waals surface area (Å²) in [4.78, 5) is 13.7. The minimum Gasteiger partial charge on any atom is -0.359 e. The summed E-state index contributed by atoms with van der Waals surface area (Å²) < 4.78 is 24.9. The van der Waals surface area contributed by atoms with Gasteiger partial charge >= 0.3 is 0 Å². The minimum atomic E-state index is -3.74. The van der Waals surface area contributed by atoms with E-state index in [0.717, 1.165) is 0 Å². The van der Waals surface area contributed by atoms with E-state index in [9.17, 15) is 13.2 Å². The van der Waals surface area contributed by atoms with Crippen LogP contribution in [0, 0.1) is 0 Å². The summed E-state index contributed by atoms with van der Waals surface area (Å²) in [6.45, 7) is 4.59. The lowest BCUT2D eigenvalue weighted by Gasteiger charge is -2.23. The molecule has 1 amide bonds. The first kappa shape index (κ1) is 13.6. The van der Waals surface area contributed by atoms with E-state index in [4.69, 9.17) is 0 Å². The average Bonchev–Trinajstić information content (AvgIpc) is 2.40. The van der Waals surface area contributed by atoms with Crippen LogP contribution < -0.4 is 5.32 Å². The number of fused-ring (bicyclic) bond motifs is 1. The highest BCUT2D eigenvalue weighted by molar-refractivity contribution is 7.96. The highest BCUT2D eigenvalue weighted by Crippen LogP contribution is 2.31. The summed E-state index contributed by atoms with van der Waals surface area (Å²) in [6.07, 6.45) is 1.28. The third-order valence-corrected chi connectivity index (χ3v) is 4.89. The summed E-state index contributed by atoms with van der Waals surface area (Å²) >= 11 is 0. The first-order valence-electron chi connectivity index (χ1n) is 6.12. The van der Waals surface area contributed by atoms with Gasteiger partial charge in [0.1, 0.15) is 0 Å². The van der Waals surface area contributed by atoms with Crippen LogP contribution in [0.3, 0.4) is 0 Å². The number of likely N-dealkylation sites (N-methyl/N-ethyl adjacent to an activating group) is 1. The Hall–Kier alpha value is -1.82. The number of sulfone groups is 1. The van der Waals surface area contributed by atoms with E-state index in [2.05, 4.69) is 5.32 Å². The standard InChI is InChI=1S/C13H16N2O3S/c1-3-15(4-2)13(16)12-9-14-10-7-5-6-8-11(10)19(12,17)18/h5-9,14H,3-4H2,1-2H3. The molecular formula is C13H16N2O3S. The van der Waals surface area contributed by atoms with Crippen LogP contribution in [0.1, 0.15) is 13.8 Å². The molecule has 0 bridgehead atoms. The van der Waals surface area contributed by atoms with Crippen molar-refractivity contribution in [3.63, 3.8) is 0 Å². The van der Waals surface area contributed by atoms with Gasteiger partial charge in [-0.25, -0.2) is 8.42 Å². The molecular weight excluding hydrogens is 264 g/mol. The zero-order valence-corrected chi connectivity index (χ0v) is 11.7. The van der Waals surface area contributed by atoms with Gasteiger partial charge in [0, 0.05) is 19.3 Å². The summed E-state index contributed by atoms with van der Waals surface area (Å²) in [5.41, 5.74) is 0.499. The highest BCUT2D eigenvalue weighted by Gasteiger charge is 2.33. The molecule has 6 heteroatoms. The molecule has 1 aromatic carbocycles. The summed E-state index contributed by atoms with van der Waals surface area (Å²) in [5, 5.41) is 2.86. The van der Waals surface area contributed by atoms with Crippen LogP contribution in [0.4, 0.5) is 5.69 Å². The molecule has 0 atom stereocenters. The van der Waals surface area contributed by atoms with Crippen molar-refractivity contribution in [1.29, 1.82) is 0 Å². The molecule has 0 saturated heterocycles. The Morgan fingerprint density at radius 2 is 1.84 bits per heavy atom. The Morgan fingerprint density at radius 1 is 1.21 bits per heavy atom. The van der Waals surface area contributed by atoms with E-state index < -0.39 is 15.7 Å². The van der Waals surface area contributed by atoms with Crippen molar-refractivity contribution in [1.82, 2.24) is 4.90 Å². The fourth-order valence-electron chi connectivity index (χ4n) is 2.00. The SMILES string of the molecule is CCN(CC)C(=O)C1=CNc2ccccc2S1(=O)=O. The Morgan fingerprint density at radius 3 is 2.47 bits per heavy atom. The van der Waals surface area contributed by atoms with Gasteiger partial charge < -0.3 is 10.2 Å². The first-order valence-corrected chi connectivity index (χ1v) is 7.60. The number of amides is 1. The van der Waals surface area contributed by atoms with Gasteiger partial charge in [0.05, 0.1) is 10.6 Å². The summed E-state index contributed by atoms with van der Waals surface area (Å²) in [5.74, 6) is -0.466. The largest absolute Gasteiger partial charge is 0.359 e. The van der Waals surface area contributed by atoms with Crippen LogP contribution in [-0.2, 0) is 14.6 Å². The second kappa shape index (κ2) is 5.05. The zero-order valence-electron chi connectivity index (χ0n) is 10.9. The molecule has 0 spiro atoms. The van der Waals surface area contributed by atoms with Gasteiger partial charge in [0.15, 0.2) is 4.91 Å². The smallest absolute Gasteiger partial charge is 0.267 e. The van der Waals surface area contributed by atoms with Crippen molar-refractivity contribution in [3.05, 3.63) is 35.4 Å². The molecule has 19 heavy (non-hydrogen) atoms. The molecule has 1 aliphatic heterocycles. The van der Waals surface area contributed by atoms with Crippen molar-refractivity contribution in [2.24, 2.45) is 0 Å². The number of rotatable bonds is 3. The van der Waals surface area contributed by atoms with E-state index in [-0.39, 0.29) is 9.80 Å². The molecule has 0 aromatic heterocycles. The number of carbonyl (C=O) groups is 1. The van der Waals surface area contributed by atoms with Crippen LogP contribution in [0.15, 0.2) is 40.3 Å². The second-order valence-electron chi connectivity index (χ2n) is 4.13. The third-order valence-electron chi connectivity index (χ3n) is 3.09. The number of hydrogen-bond donors (Lipinski definition) is 1. The molecule has 0 aliphatic carbocycles. The number of anilines is 1. The normalized spacial score (nSPS) is 16.0. The number of carbonyl (C=O) groups excluding carboxylic acids is 1. The van der Waals surface area contributed by atoms with Crippen molar-refractivity contribution in [2.45, 2.75) is 18.7 Å². The molecule has 1 aliphatic rings. The molecule has 1 N–H and O–H groups in total. The molecule has 5 nitrogen and oxygen atoms in total. The number of nitrogens with one attached hydrogen (secondary N) is 1. The van der Waals surface area contributed by atoms with E-state index in [1.54, 1.807) is 18.2 Å². The maximum Gasteiger partial charge on any atom is 0.267 e. The lowest BCUT2D eigenvalue weighted by molar-refractivity contribution is -0.126. The van der Waals surface area contributed by atoms with E-state index in [0.29, 0.717) is 18.8 Å². The van der Waals surface area contributed by atoms with Crippen LogP contribution >= 0.6 is 0 Å². The van der Waals surface area contributed by atoms with Crippen LogP contribution in [0.5, 0.6) is 0 Å². The van der Waals surface area contributed by atoms with Gasteiger partial charge in [-0.1, -0.05) is 12.1 Å². The van der Waals surface area contributed by atoms with Crippen LogP contribution in [0.25, 0.3) is 0 Å². The van der Waals surface area contributed by atoms with Crippen LogP contribution in [-0.4, -0.2) is 32.3 Å². The van der Waals surface area contributed by atoms with Crippen LogP contribution in [0.2, 0.25) is 0 Å². The van der Waals surface area contributed by atoms with Gasteiger partial charge in [-0.2, -0.15) is 0 Å². The maximum absolute atomic E-state index is 12.4. The minimum absolute atomic E-state index is 0.146. The lowest BCUT2D eigenvalue weighted by atomic mass is 10.3. The topological polar surface area (TPSA) is 66.5 Å². The Balaban J connectivity index is 2.46. The second-order valence-corrected chi connectivity index (χ2v) is 6.02. The quantitative estimate of drug-likeness (QED) is 0.913. The molecule has 1 heterocycles. The number of nitrogens with zero attached hydrogens (tertiary/aromatic N) is 1. The van der Waals surface area contributed by atoms with E-state index in [1.165, 1.54) is 17.2 Å². The molecule has 1 aromatic rings. The molecule has 0 unspecified atom stereocenters. The van der Waals surface area contributed by atoms with E-state index in [1.807, 2.05) is 13.8 Å². The molecule has 0 fully saturated rings. The van der Waals surface area contributed by atoms with Gasteiger partial charge in [-0.05, 0) is 26.0 Å². The molecule has 2 rings (SSSR count). The Kier molecular flexibility index (Phi) is 3.61. The molecule has 0 radical (unpaired) electrons. The van der Waals surface area contributed by atoms with Crippen molar-refractivity contribution < 1.29 is 13.2 Å². The predicted molar refractivity (Wildman–Crippen MR) is 73.3 cm³/mol. The highest BCUT2D eigenvalue weighted by atomic mass is 32.2. The summed E-state index contributed by atoms with van der Waals surface area (Å²) in [7, 11) is -3.74. The first-order chi connectivity index (χ1) is 9.02. The average molecular weight is 280 g/mol. The zero-order chi connectivity index (χ0) is 14.0. The fraction of sp³-hybridized carbons (Fsp3) is 0.308. The lowest BCUT2D eigenvalue weighted by Crippen LogP contribution is -2.35. The number of hydrogen-bond acceptors (Lipinski definition) is 4. The van der Waals surface area contributed by atoms with Crippen molar-refractivity contribution in [3.8, 4) is 0 Å². The van der Waals surface area contributed by atoms with Crippen molar-refractivity contribution >= 4 is 21.4 Å². The predicted octanol–water partition coefficient (Wildman–Crippen LogP) is 1.60. The summed E-state index contributed by atoms with van der Waals surface area (Å²) in [6, 6.07) is 6.55. The van der Waals surface area contributed by atoms with Crippen molar-refractivity contribution in [2.75, 3.05) is 18.4 Å². The fourth-order valence-corrected chi connectivity index (χ4v) is 3.49.